The summed E-state index contributed by atoms with van der Waals surface area (Å²) in [7, 11) is 0. The highest BCUT2D eigenvalue weighted by Gasteiger charge is 2.22. The molecule has 0 aliphatic carbocycles. The molecule has 5 nitrogen and oxygen atoms in total. The lowest BCUT2D eigenvalue weighted by Crippen LogP contribution is -2.04. The van der Waals surface area contributed by atoms with E-state index < -0.39 is 0 Å². The molecule has 0 saturated carbocycles. The van der Waals surface area contributed by atoms with E-state index in [-0.39, 0.29) is 0 Å². The molecule has 0 spiro atoms. The fraction of sp³-hybridized carbons (Fsp3) is 0.0175. The van der Waals surface area contributed by atoms with Crippen LogP contribution in [0.4, 0.5) is 5.69 Å². The molecule has 0 unspecified atom stereocenters. The second kappa shape index (κ2) is 14.5. The maximum atomic E-state index is 6.57. The van der Waals surface area contributed by atoms with Crippen LogP contribution >= 0.6 is 0 Å². The van der Waals surface area contributed by atoms with Crippen LogP contribution in [0, 0.1) is 0 Å². The Kier molecular flexibility index (Phi) is 8.32. The van der Waals surface area contributed by atoms with Gasteiger partial charge >= 0.3 is 0 Å². The Morgan fingerprint density at radius 1 is 0.468 bits per heavy atom. The number of nitrogens with zero attached hydrogens (tertiary/aromatic N) is 3. The normalized spacial score (nSPS) is 12.1. The van der Waals surface area contributed by atoms with Crippen LogP contribution in [-0.4, -0.2) is 17.0 Å². The molecule has 9 aromatic carbocycles. The van der Waals surface area contributed by atoms with Gasteiger partial charge in [-0.3, -0.25) is 9.98 Å². The van der Waals surface area contributed by atoms with Gasteiger partial charge in [-0.25, -0.2) is 0 Å². The molecule has 0 N–H and O–H groups in total. The van der Waals surface area contributed by atoms with Gasteiger partial charge in [0.1, 0.15) is 28.1 Å². The lowest BCUT2D eigenvalue weighted by atomic mass is 10.0. The minimum absolute atomic E-state index is 0.378. The Morgan fingerprint density at radius 2 is 1.11 bits per heavy atom. The van der Waals surface area contributed by atoms with Crippen molar-refractivity contribution in [3.63, 3.8) is 0 Å². The van der Waals surface area contributed by atoms with E-state index in [0.29, 0.717) is 23.7 Å². The highest BCUT2D eigenvalue weighted by Crippen LogP contribution is 2.40. The molecular weight excluding hydrogens is 759 g/mol. The lowest BCUT2D eigenvalue weighted by molar-refractivity contribution is 0.605. The van der Waals surface area contributed by atoms with Crippen LogP contribution < -0.4 is 0 Å². The molecule has 0 saturated heterocycles. The van der Waals surface area contributed by atoms with Crippen molar-refractivity contribution in [1.29, 1.82) is 0 Å². The smallest absolute Gasteiger partial charge is 0.179 e. The first-order chi connectivity index (χ1) is 30.7. The van der Waals surface area contributed by atoms with Gasteiger partial charge in [0.15, 0.2) is 5.76 Å². The summed E-state index contributed by atoms with van der Waals surface area (Å²) in [5, 5.41) is 7.82. The average Bonchev–Trinajstić information content (AvgIpc) is 4.00. The predicted molar refractivity (Wildman–Crippen MR) is 258 cm³/mol. The maximum absolute atomic E-state index is 6.57. The van der Waals surface area contributed by atoms with Gasteiger partial charge in [-0.2, -0.15) is 0 Å². The topological polar surface area (TPSA) is 55.9 Å². The number of para-hydroxylation sites is 1. The average molecular weight is 796 g/mol. The summed E-state index contributed by atoms with van der Waals surface area (Å²) < 4.78 is 15.5. The fourth-order valence-corrected chi connectivity index (χ4v) is 9.21. The van der Waals surface area contributed by atoms with E-state index in [1.165, 1.54) is 32.7 Å². The summed E-state index contributed by atoms with van der Waals surface area (Å²) in [4.78, 5) is 9.86. The molecule has 3 heterocycles. The van der Waals surface area contributed by atoms with Crippen molar-refractivity contribution in [2.45, 2.75) is 6.54 Å². The summed E-state index contributed by atoms with van der Waals surface area (Å²) in [6.07, 6.45) is 0. The Balaban J connectivity index is 1.02. The first-order valence-electron chi connectivity index (χ1n) is 20.8. The predicted octanol–water partition coefficient (Wildman–Crippen LogP) is 15.3. The number of aliphatic imine (C=N–C) groups is 2. The van der Waals surface area contributed by atoms with Gasteiger partial charge in [0.25, 0.3) is 0 Å². The van der Waals surface area contributed by atoms with E-state index in [1.807, 2.05) is 42.5 Å². The fourth-order valence-electron chi connectivity index (χ4n) is 9.21. The zero-order chi connectivity index (χ0) is 41.1. The Bertz CT molecular complexity index is 3720. The molecule has 5 heteroatoms. The first kappa shape index (κ1) is 35.6. The van der Waals surface area contributed by atoms with Crippen LogP contribution in [0.1, 0.15) is 16.9 Å². The summed E-state index contributed by atoms with van der Waals surface area (Å²) in [5.74, 6) is 0.592. The van der Waals surface area contributed by atoms with Gasteiger partial charge < -0.3 is 13.4 Å². The zero-order valence-corrected chi connectivity index (χ0v) is 33.6. The molecule has 292 valence electrons. The van der Waals surface area contributed by atoms with E-state index in [9.17, 15) is 0 Å². The van der Waals surface area contributed by atoms with Crippen molar-refractivity contribution in [3.05, 3.63) is 217 Å². The maximum Gasteiger partial charge on any atom is 0.179 e. The molecular formula is C57H37N3O2. The van der Waals surface area contributed by atoms with Crippen LogP contribution in [-0.2, 0) is 6.54 Å². The largest absolute Gasteiger partial charge is 0.456 e. The van der Waals surface area contributed by atoms with E-state index >= 15 is 0 Å². The molecule has 12 rings (SSSR count). The Hall–Kier alpha value is -8.28. The molecule has 3 aromatic heterocycles. The Labute approximate surface area is 357 Å². The van der Waals surface area contributed by atoms with Crippen molar-refractivity contribution in [3.8, 4) is 27.9 Å². The van der Waals surface area contributed by atoms with Crippen molar-refractivity contribution < 1.29 is 8.83 Å². The molecule has 62 heavy (non-hydrogen) atoms. The van der Waals surface area contributed by atoms with Crippen molar-refractivity contribution >= 4 is 83.6 Å². The van der Waals surface area contributed by atoms with E-state index in [2.05, 4.69) is 174 Å². The third-order valence-electron chi connectivity index (χ3n) is 12.2. The summed E-state index contributed by atoms with van der Waals surface area (Å²) in [6.45, 7) is 4.33. The first-order valence-corrected chi connectivity index (χ1v) is 20.8. The molecule has 0 radical (unpaired) electrons. The van der Waals surface area contributed by atoms with Crippen molar-refractivity contribution in [2.24, 2.45) is 9.98 Å². The summed E-state index contributed by atoms with van der Waals surface area (Å²) in [6, 6.07) is 70.3. The summed E-state index contributed by atoms with van der Waals surface area (Å²) in [5.41, 5.74) is 13.8. The van der Waals surface area contributed by atoms with Crippen LogP contribution in [0.15, 0.2) is 219 Å². The van der Waals surface area contributed by atoms with Crippen LogP contribution in [0.5, 0.6) is 0 Å². The molecule has 0 fully saturated rings. The minimum atomic E-state index is 0.378. The van der Waals surface area contributed by atoms with E-state index in [1.54, 1.807) is 0 Å². The highest BCUT2D eigenvalue weighted by molar-refractivity contribution is 6.18. The van der Waals surface area contributed by atoms with Gasteiger partial charge in [0.05, 0.1) is 17.6 Å². The van der Waals surface area contributed by atoms with Gasteiger partial charge in [-0.1, -0.05) is 140 Å². The van der Waals surface area contributed by atoms with Crippen molar-refractivity contribution in [1.82, 2.24) is 4.57 Å². The van der Waals surface area contributed by atoms with Crippen molar-refractivity contribution in [2.75, 3.05) is 0 Å². The SMILES string of the molecule is C=Nc1c(C(=NCc2cccc3oc4ccc(-n5c6ccc(-c7ccccc7)cc6c6cc7ccccc7cc65)cc4c23)c2ccc(-c3ccccc3)cc2)oc2ccccc12. The summed E-state index contributed by atoms with van der Waals surface area (Å²) >= 11 is 0. The van der Waals surface area contributed by atoms with Gasteiger partial charge in [0, 0.05) is 38.2 Å². The van der Waals surface area contributed by atoms with E-state index in [4.69, 9.17) is 13.8 Å². The third kappa shape index (κ3) is 5.86. The number of furan rings is 2. The van der Waals surface area contributed by atoms with E-state index in [0.717, 1.165) is 71.9 Å². The molecule has 0 amide bonds. The molecule has 0 aliphatic rings. The number of fused-ring (bicyclic) bond motifs is 8. The lowest BCUT2D eigenvalue weighted by Gasteiger charge is -2.10. The number of aromatic nitrogens is 1. The van der Waals surface area contributed by atoms with Crippen LogP contribution in [0.3, 0.4) is 0 Å². The number of benzene rings is 9. The monoisotopic (exact) mass is 795 g/mol. The molecule has 0 atom stereocenters. The number of hydrogen-bond donors (Lipinski definition) is 0. The van der Waals surface area contributed by atoms with Crippen LogP contribution in [0.2, 0.25) is 0 Å². The van der Waals surface area contributed by atoms with Gasteiger partial charge in [-0.05, 0) is 106 Å². The molecule has 0 aliphatic heterocycles. The van der Waals surface area contributed by atoms with Gasteiger partial charge in [-0.15, -0.1) is 0 Å². The molecule has 12 aromatic rings. The number of rotatable bonds is 8. The second-order valence-electron chi connectivity index (χ2n) is 15.8. The second-order valence-corrected chi connectivity index (χ2v) is 15.8. The standard InChI is InChI=1S/C57H37N3O2/c1-58-56-45-20-10-11-21-51(45)62-57(56)55(39-25-23-38(24-26-39)36-13-4-2-5-14-36)59-35-43-19-12-22-53-54(43)48-34-44(28-30-52(48)61-53)60-49-29-27-42(37-15-6-3-7-16-37)32-46(49)47-31-40-17-8-9-18-41(40)33-50(47)60/h2-34H,1,35H2. The minimum Gasteiger partial charge on any atom is -0.456 e. The van der Waals surface area contributed by atoms with Gasteiger partial charge in [0.2, 0.25) is 0 Å². The quantitative estimate of drug-likeness (QED) is 0.144. The van der Waals surface area contributed by atoms with Crippen LogP contribution in [0.25, 0.3) is 93.4 Å². The Morgan fingerprint density at radius 3 is 1.90 bits per heavy atom. The third-order valence-corrected chi connectivity index (χ3v) is 12.2. The number of hydrogen-bond acceptors (Lipinski definition) is 4. The zero-order valence-electron chi connectivity index (χ0n) is 33.6. The highest BCUT2D eigenvalue weighted by atomic mass is 16.3. The molecule has 0 bridgehead atoms.